The highest BCUT2D eigenvalue weighted by Gasteiger charge is 2.32. The number of anilines is 2. The quantitative estimate of drug-likeness (QED) is 0.525. The lowest BCUT2D eigenvalue weighted by Gasteiger charge is -2.27. The molecular weight excluding hydrogens is 418 g/mol. The van der Waals surface area contributed by atoms with Crippen molar-refractivity contribution in [2.75, 3.05) is 23.8 Å². The number of nitrogens with one attached hydrogen (secondary N) is 3. The van der Waals surface area contributed by atoms with Crippen LogP contribution in [-0.2, 0) is 9.53 Å². The van der Waals surface area contributed by atoms with Crippen molar-refractivity contribution < 1.29 is 19.1 Å². The van der Waals surface area contributed by atoms with Gasteiger partial charge < -0.3 is 25.4 Å². The topological polar surface area (TPSA) is 88.7 Å². The zero-order valence-corrected chi connectivity index (χ0v) is 18.0. The van der Waals surface area contributed by atoms with Gasteiger partial charge in [0.2, 0.25) is 5.91 Å². The third kappa shape index (κ3) is 4.68. The van der Waals surface area contributed by atoms with Crippen LogP contribution in [0.2, 0.25) is 0 Å². The summed E-state index contributed by atoms with van der Waals surface area (Å²) >= 11 is 0. The smallest absolute Gasteiger partial charge is 0.319 e. The van der Waals surface area contributed by atoms with Gasteiger partial charge in [-0.25, -0.2) is 4.79 Å². The number of para-hydroxylation sites is 2. The fourth-order valence-electron chi connectivity index (χ4n) is 4.23. The molecule has 1 fully saturated rings. The molecule has 0 aromatic heterocycles. The molecule has 3 N–H and O–H groups in total. The summed E-state index contributed by atoms with van der Waals surface area (Å²) in [6.45, 7) is 1.25. The first kappa shape index (κ1) is 21.0. The normalized spacial score (nSPS) is 16.8. The number of carbonyl (C=O) groups is 2. The van der Waals surface area contributed by atoms with E-state index in [0.29, 0.717) is 29.4 Å². The van der Waals surface area contributed by atoms with Crippen LogP contribution in [0.1, 0.15) is 29.9 Å². The van der Waals surface area contributed by atoms with Gasteiger partial charge in [-0.05, 0) is 49.2 Å². The van der Waals surface area contributed by atoms with E-state index in [-0.39, 0.29) is 18.0 Å². The van der Waals surface area contributed by atoms with Crippen LogP contribution >= 0.6 is 0 Å². The Labute approximate surface area is 192 Å². The summed E-state index contributed by atoms with van der Waals surface area (Å²) in [5.74, 6) is 0.746. The van der Waals surface area contributed by atoms with Crippen molar-refractivity contribution in [2.45, 2.75) is 24.9 Å². The van der Waals surface area contributed by atoms with Crippen molar-refractivity contribution in [3.8, 4) is 11.5 Å². The molecule has 1 atom stereocenters. The van der Waals surface area contributed by atoms with Crippen LogP contribution in [0.25, 0.3) is 0 Å². The summed E-state index contributed by atoms with van der Waals surface area (Å²) in [6.07, 6.45) is 2.09. The van der Waals surface area contributed by atoms with E-state index in [9.17, 15) is 9.59 Å². The summed E-state index contributed by atoms with van der Waals surface area (Å²) in [7, 11) is 0. The summed E-state index contributed by atoms with van der Waals surface area (Å²) in [6, 6.07) is 21.9. The average Bonchev–Trinajstić information content (AvgIpc) is 3.36. The Hall–Kier alpha value is -3.84. The van der Waals surface area contributed by atoms with E-state index in [4.69, 9.17) is 9.47 Å². The lowest BCUT2D eigenvalue weighted by Crippen LogP contribution is -2.35. The highest BCUT2D eigenvalue weighted by molar-refractivity contribution is 6.00. The highest BCUT2D eigenvalue weighted by Crippen LogP contribution is 2.44. The molecule has 7 nitrogen and oxygen atoms in total. The molecule has 7 heteroatoms. The molecule has 3 aromatic rings. The predicted octanol–water partition coefficient (Wildman–Crippen LogP) is 4.86. The second kappa shape index (κ2) is 9.34. The molecule has 0 bridgehead atoms. The average molecular weight is 444 g/mol. The molecule has 33 heavy (non-hydrogen) atoms. The van der Waals surface area contributed by atoms with Crippen LogP contribution < -0.4 is 20.7 Å². The number of urea groups is 1. The first-order valence-electron chi connectivity index (χ1n) is 11.1. The Morgan fingerprint density at radius 3 is 2.03 bits per heavy atom. The fourth-order valence-corrected chi connectivity index (χ4v) is 4.23. The predicted molar refractivity (Wildman–Crippen MR) is 126 cm³/mol. The Morgan fingerprint density at radius 1 is 0.818 bits per heavy atom. The number of benzene rings is 3. The standard InChI is InChI=1S/C26H25N3O4/c30-25(24-20-7-1-3-9-22(20)33-23-10-4-2-8-21(23)24)28-17-11-13-18(14-12-17)29-26(31)27-16-19-6-5-15-32-19/h1-4,7-14,19,24H,5-6,15-16H2,(H,28,30)(H2,27,29,31). The molecule has 2 aliphatic rings. The minimum atomic E-state index is -0.479. The number of hydrogen-bond acceptors (Lipinski definition) is 4. The van der Waals surface area contributed by atoms with Crippen molar-refractivity contribution in [2.24, 2.45) is 0 Å². The molecule has 0 aliphatic carbocycles. The summed E-state index contributed by atoms with van der Waals surface area (Å²) in [5, 5.41) is 8.62. The van der Waals surface area contributed by atoms with Crippen LogP contribution in [-0.4, -0.2) is 31.2 Å². The number of amides is 3. The summed E-state index contributed by atoms with van der Waals surface area (Å²) in [4.78, 5) is 25.4. The van der Waals surface area contributed by atoms with Gasteiger partial charge in [0, 0.05) is 35.7 Å². The zero-order valence-electron chi connectivity index (χ0n) is 18.0. The van der Waals surface area contributed by atoms with Crippen molar-refractivity contribution >= 4 is 23.3 Å². The molecule has 0 radical (unpaired) electrons. The maximum atomic E-state index is 13.3. The minimum Gasteiger partial charge on any atom is -0.457 e. The Kier molecular flexibility index (Phi) is 5.95. The summed E-state index contributed by atoms with van der Waals surface area (Å²) < 4.78 is 11.5. The van der Waals surface area contributed by atoms with Crippen molar-refractivity contribution in [1.29, 1.82) is 0 Å². The van der Waals surface area contributed by atoms with Gasteiger partial charge in [-0.2, -0.15) is 0 Å². The molecule has 5 rings (SSSR count). The van der Waals surface area contributed by atoms with Crippen LogP contribution in [0.5, 0.6) is 11.5 Å². The molecular formula is C26H25N3O4. The Bertz CT molecular complexity index is 1110. The zero-order chi connectivity index (χ0) is 22.6. The lowest BCUT2D eigenvalue weighted by atomic mass is 9.87. The molecule has 2 aliphatic heterocycles. The van der Waals surface area contributed by atoms with Crippen molar-refractivity contribution in [3.05, 3.63) is 83.9 Å². The maximum Gasteiger partial charge on any atom is 0.319 e. The molecule has 1 saturated heterocycles. The first-order chi connectivity index (χ1) is 16.2. The molecule has 168 valence electrons. The van der Waals surface area contributed by atoms with E-state index in [1.165, 1.54) is 0 Å². The first-order valence-corrected chi connectivity index (χ1v) is 11.1. The molecule has 0 saturated carbocycles. The van der Waals surface area contributed by atoms with Crippen LogP contribution in [0.3, 0.4) is 0 Å². The van der Waals surface area contributed by atoms with E-state index in [1.54, 1.807) is 24.3 Å². The molecule has 0 spiro atoms. The fraction of sp³-hybridized carbons (Fsp3) is 0.231. The number of carbonyl (C=O) groups excluding carboxylic acids is 2. The van der Waals surface area contributed by atoms with E-state index in [2.05, 4.69) is 16.0 Å². The minimum absolute atomic E-state index is 0.0915. The van der Waals surface area contributed by atoms with Gasteiger partial charge in [0.05, 0.1) is 12.0 Å². The van der Waals surface area contributed by atoms with Crippen molar-refractivity contribution in [1.82, 2.24) is 5.32 Å². The highest BCUT2D eigenvalue weighted by atomic mass is 16.5. The van der Waals surface area contributed by atoms with E-state index in [1.807, 2.05) is 48.5 Å². The monoisotopic (exact) mass is 443 g/mol. The second-order valence-corrected chi connectivity index (χ2v) is 8.15. The molecule has 3 aromatic carbocycles. The lowest BCUT2D eigenvalue weighted by molar-refractivity contribution is -0.116. The number of hydrogen-bond donors (Lipinski definition) is 3. The molecule has 2 heterocycles. The number of fused-ring (bicyclic) bond motifs is 2. The van der Waals surface area contributed by atoms with E-state index >= 15 is 0 Å². The van der Waals surface area contributed by atoms with Crippen molar-refractivity contribution in [3.63, 3.8) is 0 Å². The number of ether oxygens (including phenoxy) is 2. The van der Waals surface area contributed by atoms with Crippen LogP contribution in [0.4, 0.5) is 16.2 Å². The van der Waals surface area contributed by atoms with E-state index < -0.39 is 5.92 Å². The Morgan fingerprint density at radius 2 is 1.42 bits per heavy atom. The van der Waals surface area contributed by atoms with Gasteiger partial charge in [0.15, 0.2) is 0 Å². The Balaban J connectivity index is 1.25. The van der Waals surface area contributed by atoms with Gasteiger partial charge >= 0.3 is 6.03 Å². The SMILES string of the molecule is O=C(NCC1CCCO1)Nc1ccc(NC(=O)C2c3ccccc3Oc3ccccc32)cc1. The van der Waals surface area contributed by atoms with Gasteiger partial charge in [-0.3, -0.25) is 4.79 Å². The van der Waals surface area contributed by atoms with E-state index in [0.717, 1.165) is 30.6 Å². The van der Waals surface area contributed by atoms with Crippen LogP contribution in [0.15, 0.2) is 72.8 Å². The second-order valence-electron chi connectivity index (χ2n) is 8.15. The maximum absolute atomic E-state index is 13.3. The third-order valence-electron chi connectivity index (χ3n) is 5.87. The molecule has 1 unspecified atom stereocenters. The molecule has 3 amide bonds. The largest absolute Gasteiger partial charge is 0.457 e. The van der Waals surface area contributed by atoms with Crippen LogP contribution in [0, 0.1) is 0 Å². The van der Waals surface area contributed by atoms with Gasteiger partial charge in [-0.15, -0.1) is 0 Å². The number of rotatable bonds is 5. The van der Waals surface area contributed by atoms with Gasteiger partial charge in [-0.1, -0.05) is 36.4 Å². The third-order valence-corrected chi connectivity index (χ3v) is 5.87. The van der Waals surface area contributed by atoms with Gasteiger partial charge in [0.25, 0.3) is 0 Å². The summed E-state index contributed by atoms with van der Waals surface area (Å²) in [5.41, 5.74) is 2.94. The van der Waals surface area contributed by atoms with Gasteiger partial charge in [0.1, 0.15) is 11.5 Å².